The molecule has 0 spiro atoms. The molecule has 1 aliphatic heterocycles. The SMILES string of the molecule is CN1CCCN(CCCCCc2ccccc2)CC1. The maximum absolute atomic E-state index is 2.64. The van der Waals surface area contributed by atoms with Crippen LogP contribution in [0.15, 0.2) is 30.3 Å². The largest absolute Gasteiger partial charge is 0.305 e. The number of nitrogens with zero attached hydrogens (tertiary/aromatic N) is 2. The molecule has 1 fully saturated rings. The van der Waals surface area contributed by atoms with Crippen molar-refractivity contribution in [3.8, 4) is 0 Å². The van der Waals surface area contributed by atoms with E-state index in [9.17, 15) is 0 Å². The highest BCUT2D eigenvalue weighted by atomic mass is 15.2. The quantitative estimate of drug-likeness (QED) is 0.725. The van der Waals surface area contributed by atoms with E-state index in [0.29, 0.717) is 0 Å². The van der Waals surface area contributed by atoms with Crippen molar-refractivity contribution in [1.82, 2.24) is 9.80 Å². The lowest BCUT2D eigenvalue weighted by atomic mass is 10.1. The van der Waals surface area contributed by atoms with E-state index < -0.39 is 0 Å². The lowest BCUT2D eigenvalue weighted by Crippen LogP contribution is -2.29. The monoisotopic (exact) mass is 260 g/mol. The smallest absolute Gasteiger partial charge is 0.0109 e. The van der Waals surface area contributed by atoms with E-state index in [1.807, 2.05) is 0 Å². The Labute approximate surface area is 118 Å². The fourth-order valence-electron chi connectivity index (χ4n) is 2.81. The molecule has 0 bridgehead atoms. The summed E-state index contributed by atoms with van der Waals surface area (Å²) >= 11 is 0. The normalized spacial score (nSPS) is 18.4. The first kappa shape index (κ1) is 14.5. The Hall–Kier alpha value is -0.860. The Morgan fingerprint density at radius 2 is 1.74 bits per heavy atom. The zero-order valence-electron chi connectivity index (χ0n) is 12.4. The Balaban J connectivity index is 1.54. The molecule has 1 aliphatic rings. The molecule has 1 aromatic rings. The van der Waals surface area contributed by atoms with E-state index >= 15 is 0 Å². The van der Waals surface area contributed by atoms with Gasteiger partial charge in [-0.1, -0.05) is 36.8 Å². The van der Waals surface area contributed by atoms with Crippen LogP contribution in [0.2, 0.25) is 0 Å². The molecule has 106 valence electrons. The minimum absolute atomic E-state index is 1.24. The van der Waals surface area contributed by atoms with Crippen LogP contribution in [0.1, 0.15) is 31.2 Å². The molecule has 2 nitrogen and oxygen atoms in total. The van der Waals surface area contributed by atoms with E-state index in [2.05, 4.69) is 47.2 Å². The van der Waals surface area contributed by atoms with Crippen LogP contribution in [-0.4, -0.2) is 49.6 Å². The van der Waals surface area contributed by atoms with Gasteiger partial charge < -0.3 is 9.80 Å². The van der Waals surface area contributed by atoms with Gasteiger partial charge in [0, 0.05) is 13.1 Å². The third kappa shape index (κ3) is 5.75. The van der Waals surface area contributed by atoms with Crippen molar-refractivity contribution in [2.45, 2.75) is 32.1 Å². The Bertz CT molecular complexity index is 336. The van der Waals surface area contributed by atoms with Gasteiger partial charge in [-0.15, -0.1) is 0 Å². The number of rotatable bonds is 6. The van der Waals surface area contributed by atoms with Gasteiger partial charge in [-0.2, -0.15) is 0 Å². The first-order valence-electron chi connectivity index (χ1n) is 7.79. The summed E-state index contributed by atoms with van der Waals surface area (Å²) in [6.07, 6.45) is 6.62. The second-order valence-corrected chi connectivity index (χ2v) is 5.79. The van der Waals surface area contributed by atoms with Gasteiger partial charge in [0.2, 0.25) is 0 Å². The van der Waals surface area contributed by atoms with E-state index in [1.54, 1.807) is 0 Å². The van der Waals surface area contributed by atoms with E-state index in [-0.39, 0.29) is 0 Å². The number of hydrogen-bond donors (Lipinski definition) is 0. The first-order chi connectivity index (χ1) is 9.34. The molecular formula is C17H28N2. The molecule has 0 aromatic heterocycles. The van der Waals surface area contributed by atoms with Crippen molar-refractivity contribution >= 4 is 0 Å². The van der Waals surface area contributed by atoms with E-state index in [1.165, 1.54) is 70.4 Å². The summed E-state index contributed by atoms with van der Waals surface area (Å²) < 4.78 is 0. The average Bonchev–Trinajstić information content (AvgIpc) is 2.64. The number of unbranched alkanes of at least 4 members (excludes halogenated alkanes) is 2. The van der Waals surface area contributed by atoms with Gasteiger partial charge in [-0.3, -0.25) is 0 Å². The molecule has 1 aromatic carbocycles. The minimum Gasteiger partial charge on any atom is -0.305 e. The molecule has 0 N–H and O–H groups in total. The zero-order chi connectivity index (χ0) is 13.3. The highest BCUT2D eigenvalue weighted by molar-refractivity contribution is 5.14. The molecule has 0 saturated carbocycles. The molecule has 1 heterocycles. The van der Waals surface area contributed by atoms with Crippen LogP contribution in [0, 0.1) is 0 Å². The van der Waals surface area contributed by atoms with Crippen molar-refractivity contribution in [3.05, 3.63) is 35.9 Å². The van der Waals surface area contributed by atoms with E-state index in [4.69, 9.17) is 0 Å². The fourth-order valence-corrected chi connectivity index (χ4v) is 2.81. The first-order valence-corrected chi connectivity index (χ1v) is 7.79. The highest BCUT2D eigenvalue weighted by Crippen LogP contribution is 2.08. The molecule has 0 aliphatic carbocycles. The third-order valence-corrected chi connectivity index (χ3v) is 4.09. The Morgan fingerprint density at radius 1 is 0.895 bits per heavy atom. The average molecular weight is 260 g/mol. The van der Waals surface area contributed by atoms with Gasteiger partial charge in [-0.25, -0.2) is 0 Å². The maximum Gasteiger partial charge on any atom is 0.0109 e. The van der Waals surface area contributed by atoms with Gasteiger partial charge >= 0.3 is 0 Å². The molecular weight excluding hydrogens is 232 g/mol. The molecule has 19 heavy (non-hydrogen) atoms. The van der Waals surface area contributed by atoms with Crippen molar-refractivity contribution in [3.63, 3.8) is 0 Å². The summed E-state index contributed by atoms with van der Waals surface area (Å²) in [5, 5.41) is 0. The molecule has 1 saturated heterocycles. The highest BCUT2D eigenvalue weighted by Gasteiger charge is 2.10. The van der Waals surface area contributed by atoms with Gasteiger partial charge in [0.15, 0.2) is 0 Å². The molecule has 0 atom stereocenters. The summed E-state index contributed by atoms with van der Waals surface area (Å²) in [6, 6.07) is 10.9. The van der Waals surface area contributed by atoms with Gasteiger partial charge in [0.05, 0.1) is 0 Å². The number of benzene rings is 1. The third-order valence-electron chi connectivity index (χ3n) is 4.09. The van der Waals surface area contributed by atoms with Crippen molar-refractivity contribution in [2.24, 2.45) is 0 Å². The molecule has 2 heteroatoms. The number of hydrogen-bond acceptors (Lipinski definition) is 2. The van der Waals surface area contributed by atoms with Crippen LogP contribution in [-0.2, 0) is 6.42 Å². The molecule has 2 rings (SSSR count). The van der Waals surface area contributed by atoms with Crippen LogP contribution in [0.25, 0.3) is 0 Å². The topological polar surface area (TPSA) is 6.48 Å². The maximum atomic E-state index is 2.64. The summed E-state index contributed by atoms with van der Waals surface area (Å²) in [5.74, 6) is 0. The van der Waals surface area contributed by atoms with Crippen LogP contribution in [0.4, 0.5) is 0 Å². The number of aryl methyl sites for hydroxylation is 1. The van der Waals surface area contributed by atoms with Crippen LogP contribution < -0.4 is 0 Å². The molecule has 0 unspecified atom stereocenters. The Kier molecular flexibility index (Phi) is 6.38. The number of likely N-dealkylation sites (N-methyl/N-ethyl adjacent to an activating group) is 1. The van der Waals surface area contributed by atoms with Gasteiger partial charge in [-0.05, 0) is 57.9 Å². The standard InChI is InChI=1S/C17H28N2/c1-18-12-8-14-19(16-15-18)13-7-3-6-11-17-9-4-2-5-10-17/h2,4-5,9-10H,3,6-8,11-16H2,1H3. The van der Waals surface area contributed by atoms with Gasteiger partial charge in [0.1, 0.15) is 0 Å². The lowest BCUT2D eigenvalue weighted by Gasteiger charge is -2.19. The molecule has 0 amide bonds. The predicted molar refractivity (Wildman–Crippen MR) is 82.6 cm³/mol. The predicted octanol–water partition coefficient (Wildman–Crippen LogP) is 3.04. The summed E-state index contributed by atoms with van der Waals surface area (Å²) in [7, 11) is 2.24. The summed E-state index contributed by atoms with van der Waals surface area (Å²) in [6.45, 7) is 6.36. The molecule has 0 radical (unpaired) electrons. The van der Waals surface area contributed by atoms with E-state index in [0.717, 1.165) is 0 Å². The second kappa shape index (κ2) is 8.34. The van der Waals surface area contributed by atoms with Crippen molar-refractivity contribution in [2.75, 3.05) is 39.8 Å². The zero-order valence-corrected chi connectivity index (χ0v) is 12.4. The van der Waals surface area contributed by atoms with Gasteiger partial charge in [0.25, 0.3) is 0 Å². The van der Waals surface area contributed by atoms with Crippen molar-refractivity contribution in [1.29, 1.82) is 0 Å². The summed E-state index contributed by atoms with van der Waals surface area (Å²) in [5.41, 5.74) is 1.49. The Morgan fingerprint density at radius 3 is 2.58 bits per heavy atom. The summed E-state index contributed by atoms with van der Waals surface area (Å²) in [4.78, 5) is 5.10. The van der Waals surface area contributed by atoms with Crippen LogP contribution >= 0.6 is 0 Å². The fraction of sp³-hybridized carbons (Fsp3) is 0.647. The van der Waals surface area contributed by atoms with Crippen molar-refractivity contribution < 1.29 is 0 Å². The lowest BCUT2D eigenvalue weighted by molar-refractivity contribution is 0.270. The second-order valence-electron chi connectivity index (χ2n) is 5.79. The van der Waals surface area contributed by atoms with Crippen LogP contribution in [0.5, 0.6) is 0 Å². The van der Waals surface area contributed by atoms with Crippen LogP contribution in [0.3, 0.4) is 0 Å². The minimum atomic E-state index is 1.24.